The van der Waals surface area contributed by atoms with Gasteiger partial charge in [-0.1, -0.05) is 13.0 Å². The summed E-state index contributed by atoms with van der Waals surface area (Å²) < 4.78 is 26.3. The number of rotatable bonds is 9. The summed E-state index contributed by atoms with van der Waals surface area (Å²) in [6.07, 6.45) is 0.657. The van der Waals surface area contributed by atoms with E-state index >= 15 is 0 Å². The van der Waals surface area contributed by atoms with E-state index < -0.39 is 10.0 Å². The second kappa shape index (κ2) is 7.99. The average molecular weight is 304 g/mol. The van der Waals surface area contributed by atoms with Crippen molar-refractivity contribution in [3.8, 4) is 0 Å². The molecular weight excluding hydrogens is 280 g/mol. The first kappa shape index (κ1) is 16.6. The van der Waals surface area contributed by atoms with Crippen LogP contribution in [0.15, 0.2) is 17.5 Å². The van der Waals surface area contributed by atoms with Gasteiger partial charge in [-0.2, -0.15) is 4.31 Å². The van der Waals surface area contributed by atoms with Crippen LogP contribution in [0.2, 0.25) is 0 Å². The van der Waals surface area contributed by atoms with Gasteiger partial charge in [0, 0.05) is 17.5 Å². The number of hydrogen-bond donors (Lipinski definition) is 1. The van der Waals surface area contributed by atoms with Crippen LogP contribution in [0.3, 0.4) is 0 Å². The maximum absolute atomic E-state index is 12.4. The molecule has 0 aliphatic carbocycles. The highest BCUT2D eigenvalue weighted by Gasteiger charge is 2.24. The van der Waals surface area contributed by atoms with Crippen LogP contribution in [0.5, 0.6) is 0 Å². The molecule has 0 saturated heterocycles. The average Bonchev–Trinajstić information content (AvgIpc) is 2.84. The SMILES string of the molecule is CCNCCCS(=O)(=O)N(Cc1cccs1)C(C)C. The van der Waals surface area contributed by atoms with Crippen molar-refractivity contribution >= 4 is 21.4 Å². The Bertz CT molecular complexity index is 441. The summed E-state index contributed by atoms with van der Waals surface area (Å²) in [4.78, 5) is 1.09. The Balaban J connectivity index is 2.63. The Morgan fingerprint density at radius 3 is 2.68 bits per heavy atom. The van der Waals surface area contributed by atoms with Crippen LogP contribution in [0.4, 0.5) is 0 Å². The minimum Gasteiger partial charge on any atom is -0.317 e. The largest absolute Gasteiger partial charge is 0.317 e. The van der Waals surface area contributed by atoms with E-state index in [1.807, 2.05) is 38.3 Å². The van der Waals surface area contributed by atoms with Gasteiger partial charge in [-0.05, 0) is 44.8 Å². The molecule has 0 unspecified atom stereocenters. The van der Waals surface area contributed by atoms with Crippen molar-refractivity contribution in [1.82, 2.24) is 9.62 Å². The van der Waals surface area contributed by atoms with Gasteiger partial charge >= 0.3 is 0 Å². The van der Waals surface area contributed by atoms with Crippen LogP contribution in [0.1, 0.15) is 32.1 Å². The lowest BCUT2D eigenvalue weighted by Crippen LogP contribution is -2.38. The van der Waals surface area contributed by atoms with Crippen LogP contribution in [-0.2, 0) is 16.6 Å². The van der Waals surface area contributed by atoms with E-state index in [9.17, 15) is 8.42 Å². The van der Waals surface area contributed by atoms with Gasteiger partial charge in [0.25, 0.3) is 0 Å². The maximum Gasteiger partial charge on any atom is 0.214 e. The van der Waals surface area contributed by atoms with Crippen molar-refractivity contribution in [3.05, 3.63) is 22.4 Å². The van der Waals surface area contributed by atoms with Gasteiger partial charge in [0.05, 0.1) is 5.75 Å². The Kier molecular flexibility index (Phi) is 6.99. The molecule has 0 aliphatic rings. The molecule has 6 heteroatoms. The van der Waals surface area contributed by atoms with Gasteiger partial charge in [0.15, 0.2) is 0 Å². The molecule has 1 heterocycles. The number of nitrogens with one attached hydrogen (secondary N) is 1. The molecule has 0 spiro atoms. The van der Waals surface area contributed by atoms with Crippen molar-refractivity contribution in [1.29, 1.82) is 0 Å². The van der Waals surface area contributed by atoms with Crippen molar-refractivity contribution in [3.63, 3.8) is 0 Å². The molecule has 0 saturated carbocycles. The molecule has 0 fully saturated rings. The van der Waals surface area contributed by atoms with E-state index in [2.05, 4.69) is 5.32 Å². The monoisotopic (exact) mass is 304 g/mol. The van der Waals surface area contributed by atoms with Crippen LogP contribution in [0, 0.1) is 0 Å². The summed E-state index contributed by atoms with van der Waals surface area (Å²) in [5.74, 6) is 0.212. The fraction of sp³-hybridized carbons (Fsp3) is 0.692. The van der Waals surface area contributed by atoms with Gasteiger partial charge < -0.3 is 5.32 Å². The number of thiophene rings is 1. The maximum atomic E-state index is 12.4. The summed E-state index contributed by atoms with van der Waals surface area (Å²) >= 11 is 1.60. The lowest BCUT2D eigenvalue weighted by Gasteiger charge is -2.25. The minimum atomic E-state index is -3.18. The third kappa shape index (κ3) is 5.60. The third-order valence-electron chi connectivity index (χ3n) is 2.83. The molecule has 0 aromatic carbocycles. The van der Waals surface area contributed by atoms with Crippen LogP contribution in [-0.4, -0.2) is 37.6 Å². The van der Waals surface area contributed by atoms with Gasteiger partial charge in [0.2, 0.25) is 10.0 Å². The quantitative estimate of drug-likeness (QED) is 0.712. The molecule has 1 N–H and O–H groups in total. The van der Waals surface area contributed by atoms with Gasteiger partial charge in [-0.15, -0.1) is 11.3 Å². The normalized spacial score (nSPS) is 12.5. The van der Waals surface area contributed by atoms with E-state index in [1.165, 1.54) is 0 Å². The minimum absolute atomic E-state index is 0.00812. The van der Waals surface area contributed by atoms with Crippen molar-refractivity contribution < 1.29 is 8.42 Å². The molecule has 19 heavy (non-hydrogen) atoms. The first-order chi connectivity index (χ1) is 8.97. The molecule has 0 atom stereocenters. The predicted molar refractivity (Wildman–Crippen MR) is 81.9 cm³/mol. The van der Waals surface area contributed by atoms with E-state index in [0.29, 0.717) is 13.0 Å². The Hall–Kier alpha value is -0.430. The number of hydrogen-bond acceptors (Lipinski definition) is 4. The lowest BCUT2D eigenvalue weighted by molar-refractivity contribution is 0.350. The fourth-order valence-corrected chi connectivity index (χ4v) is 4.34. The molecular formula is C13H24N2O2S2. The van der Waals surface area contributed by atoms with Gasteiger partial charge in [0.1, 0.15) is 0 Å². The topological polar surface area (TPSA) is 49.4 Å². The zero-order chi connectivity index (χ0) is 14.3. The Morgan fingerprint density at radius 2 is 2.16 bits per heavy atom. The zero-order valence-corrected chi connectivity index (χ0v) is 13.6. The molecule has 1 aromatic rings. The van der Waals surface area contributed by atoms with Crippen LogP contribution in [0.25, 0.3) is 0 Å². The molecule has 1 aromatic heterocycles. The van der Waals surface area contributed by atoms with E-state index in [1.54, 1.807) is 15.6 Å². The third-order valence-corrected chi connectivity index (χ3v) is 5.76. The highest BCUT2D eigenvalue weighted by molar-refractivity contribution is 7.89. The Morgan fingerprint density at radius 1 is 1.42 bits per heavy atom. The molecule has 4 nitrogen and oxygen atoms in total. The van der Waals surface area contributed by atoms with Gasteiger partial charge in [-0.3, -0.25) is 0 Å². The molecule has 0 radical (unpaired) electrons. The molecule has 0 bridgehead atoms. The number of nitrogens with zero attached hydrogens (tertiary/aromatic N) is 1. The first-order valence-electron chi connectivity index (χ1n) is 6.70. The summed E-state index contributed by atoms with van der Waals surface area (Å²) in [7, 11) is -3.18. The van der Waals surface area contributed by atoms with Crippen molar-refractivity contribution in [2.45, 2.75) is 39.8 Å². The fourth-order valence-electron chi connectivity index (χ4n) is 1.83. The van der Waals surface area contributed by atoms with Crippen molar-refractivity contribution in [2.24, 2.45) is 0 Å². The highest BCUT2D eigenvalue weighted by Crippen LogP contribution is 2.17. The van der Waals surface area contributed by atoms with Gasteiger partial charge in [-0.25, -0.2) is 8.42 Å². The first-order valence-corrected chi connectivity index (χ1v) is 9.19. The predicted octanol–water partition coefficient (Wildman–Crippen LogP) is 2.29. The molecule has 1 rings (SSSR count). The lowest BCUT2D eigenvalue weighted by atomic mass is 10.4. The summed E-state index contributed by atoms with van der Waals surface area (Å²) in [6, 6.07) is 3.93. The number of sulfonamides is 1. The van der Waals surface area contributed by atoms with Crippen molar-refractivity contribution in [2.75, 3.05) is 18.8 Å². The Labute approximate surface area is 120 Å². The second-order valence-corrected chi connectivity index (χ2v) is 7.81. The summed E-state index contributed by atoms with van der Waals surface area (Å²) in [6.45, 7) is 7.99. The molecule has 0 aliphatic heterocycles. The summed E-state index contributed by atoms with van der Waals surface area (Å²) in [5, 5.41) is 5.13. The zero-order valence-electron chi connectivity index (χ0n) is 11.9. The van der Waals surface area contributed by atoms with E-state index in [0.717, 1.165) is 18.0 Å². The highest BCUT2D eigenvalue weighted by atomic mass is 32.2. The van der Waals surface area contributed by atoms with E-state index in [-0.39, 0.29) is 11.8 Å². The molecule has 0 amide bonds. The van der Waals surface area contributed by atoms with Crippen LogP contribution < -0.4 is 5.32 Å². The van der Waals surface area contributed by atoms with E-state index in [4.69, 9.17) is 0 Å². The molecule has 110 valence electrons. The standard InChI is InChI=1S/C13H24N2O2S2/c1-4-14-8-6-10-19(16,17)15(12(2)3)11-13-7-5-9-18-13/h5,7,9,12,14H,4,6,8,10-11H2,1-3H3. The summed E-state index contributed by atoms with van der Waals surface area (Å²) in [5.41, 5.74) is 0. The second-order valence-electron chi connectivity index (χ2n) is 4.74. The van der Waals surface area contributed by atoms with Crippen LogP contribution >= 0.6 is 11.3 Å². The smallest absolute Gasteiger partial charge is 0.214 e.